The minimum Gasteiger partial charge on any atom is -0.393 e. The van der Waals surface area contributed by atoms with Gasteiger partial charge in [-0.25, -0.2) is 4.39 Å². The Morgan fingerprint density at radius 3 is 2.73 bits per heavy atom. The van der Waals surface area contributed by atoms with Crippen molar-refractivity contribution in [2.24, 2.45) is 5.92 Å². The first-order chi connectivity index (χ1) is 7.13. The normalized spacial score (nSPS) is 14.9. The van der Waals surface area contributed by atoms with Crippen LogP contribution in [-0.2, 0) is 6.42 Å². The number of aliphatic hydroxyl groups is 1. The molecule has 0 aliphatic carbocycles. The monoisotopic (exact) mass is 210 g/mol. The minimum atomic E-state index is -0.369. The summed E-state index contributed by atoms with van der Waals surface area (Å²) in [5.41, 5.74) is 0.866. The summed E-state index contributed by atoms with van der Waals surface area (Å²) in [6.45, 7) is 4.14. The second-order valence-electron chi connectivity index (χ2n) is 4.17. The third-order valence-electron chi connectivity index (χ3n) is 2.73. The maximum absolute atomic E-state index is 12.9. The molecule has 15 heavy (non-hydrogen) atoms. The van der Waals surface area contributed by atoms with Crippen molar-refractivity contribution in [2.45, 2.75) is 39.2 Å². The Hall–Kier alpha value is -0.890. The minimum absolute atomic E-state index is 0.233. The van der Waals surface area contributed by atoms with E-state index in [1.807, 2.05) is 13.0 Å². The van der Waals surface area contributed by atoms with Crippen molar-refractivity contribution in [2.75, 3.05) is 0 Å². The molecule has 1 rings (SSSR count). The molecule has 0 amide bonds. The fraction of sp³-hybridized carbons (Fsp3) is 0.538. The van der Waals surface area contributed by atoms with Crippen molar-refractivity contribution in [1.29, 1.82) is 0 Å². The van der Waals surface area contributed by atoms with Gasteiger partial charge < -0.3 is 5.11 Å². The van der Waals surface area contributed by atoms with Gasteiger partial charge in [0, 0.05) is 0 Å². The summed E-state index contributed by atoms with van der Waals surface area (Å²) in [5.74, 6) is 0.0427. The molecule has 84 valence electrons. The third-order valence-corrected chi connectivity index (χ3v) is 2.73. The summed E-state index contributed by atoms with van der Waals surface area (Å²) < 4.78 is 12.9. The molecule has 0 saturated carbocycles. The van der Waals surface area contributed by atoms with Gasteiger partial charge in [-0.15, -0.1) is 0 Å². The standard InChI is InChI=1S/C13H19FO/c1-3-5-10(2)13(15)9-11-6-4-7-12(14)8-11/h4,6-8,10,13,15H,3,5,9H2,1-2H3. The van der Waals surface area contributed by atoms with Crippen LogP contribution in [0.4, 0.5) is 4.39 Å². The van der Waals surface area contributed by atoms with E-state index in [2.05, 4.69) is 6.92 Å². The number of rotatable bonds is 5. The van der Waals surface area contributed by atoms with Crippen molar-refractivity contribution in [3.63, 3.8) is 0 Å². The van der Waals surface area contributed by atoms with Crippen molar-refractivity contribution in [1.82, 2.24) is 0 Å². The molecule has 1 aromatic rings. The van der Waals surface area contributed by atoms with Crippen LogP contribution < -0.4 is 0 Å². The molecule has 0 fully saturated rings. The third kappa shape index (κ3) is 4.00. The molecule has 0 saturated heterocycles. The number of hydrogen-bond acceptors (Lipinski definition) is 1. The van der Waals surface area contributed by atoms with E-state index in [9.17, 15) is 9.50 Å². The summed E-state index contributed by atoms with van der Waals surface area (Å²) in [6.07, 6.45) is 2.25. The number of hydrogen-bond donors (Lipinski definition) is 1. The topological polar surface area (TPSA) is 20.2 Å². The van der Waals surface area contributed by atoms with E-state index in [1.54, 1.807) is 6.07 Å². The quantitative estimate of drug-likeness (QED) is 0.791. The van der Waals surface area contributed by atoms with Crippen LogP contribution in [0.1, 0.15) is 32.3 Å². The molecular weight excluding hydrogens is 191 g/mol. The summed E-state index contributed by atoms with van der Waals surface area (Å²) in [4.78, 5) is 0. The maximum Gasteiger partial charge on any atom is 0.123 e. The lowest BCUT2D eigenvalue weighted by atomic mass is 9.94. The van der Waals surface area contributed by atoms with Gasteiger partial charge in [0.25, 0.3) is 0 Å². The molecule has 0 aliphatic rings. The highest BCUT2D eigenvalue weighted by atomic mass is 19.1. The second-order valence-corrected chi connectivity index (χ2v) is 4.17. The zero-order valence-electron chi connectivity index (χ0n) is 9.41. The number of halogens is 1. The average Bonchev–Trinajstić information content (AvgIpc) is 2.18. The van der Waals surface area contributed by atoms with Crippen molar-refractivity contribution < 1.29 is 9.50 Å². The largest absolute Gasteiger partial charge is 0.393 e. The predicted octanol–water partition coefficient (Wildman–Crippen LogP) is 3.17. The van der Waals surface area contributed by atoms with Crippen LogP contribution in [0.15, 0.2) is 24.3 Å². The van der Waals surface area contributed by atoms with Gasteiger partial charge >= 0.3 is 0 Å². The molecule has 2 heteroatoms. The highest BCUT2D eigenvalue weighted by Crippen LogP contribution is 2.15. The lowest BCUT2D eigenvalue weighted by Crippen LogP contribution is -2.20. The number of aliphatic hydroxyl groups excluding tert-OH is 1. The van der Waals surface area contributed by atoms with Gasteiger partial charge in [0.15, 0.2) is 0 Å². The van der Waals surface area contributed by atoms with Crippen LogP contribution in [0.3, 0.4) is 0 Å². The van der Waals surface area contributed by atoms with Gasteiger partial charge in [-0.2, -0.15) is 0 Å². The summed E-state index contributed by atoms with van der Waals surface area (Å²) in [6, 6.07) is 6.44. The Labute approximate surface area is 90.9 Å². The molecule has 1 nitrogen and oxygen atoms in total. The van der Waals surface area contributed by atoms with E-state index in [-0.39, 0.29) is 17.8 Å². The van der Waals surface area contributed by atoms with Crippen molar-refractivity contribution in [3.05, 3.63) is 35.6 Å². The average molecular weight is 210 g/mol. The van der Waals surface area contributed by atoms with Gasteiger partial charge in [-0.05, 0) is 36.5 Å². The van der Waals surface area contributed by atoms with Crippen LogP contribution in [-0.4, -0.2) is 11.2 Å². The van der Waals surface area contributed by atoms with Gasteiger partial charge in [0.05, 0.1) is 6.10 Å². The molecule has 0 bridgehead atoms. The van der Waals surface area contributed by atoms with Gasteiger partial charge in [0.2, 0.25) is 0 Å². The van der Waals surface area contributed by atoms with E-state index in [0.29, 0.717) is 6.42 Å². The molecule has 0 radical (unpaired) electrons. The number of benzene rings is 1. The van der Waals surface area contributed by atoms with E-state index in [0.717, 1.165) is 18.4 Å². The fourth-order valence-electron chi connectivity index (χ4n) is 1.75. The van der Waals surface area contributed by atoms with Gasteiger partial charge in [-0.1, -0.05) is 32.4 Å². The molecule has 2 atom stereocenters. The summed E-state index contributed by atoms with van der Waals surface area (Å²) >= 11 is 0. The van der Waals surface area contributed by atoms with Crippen molar-refractivity contribution in [3.8, 4) is 0 Å². The molecule has 0 spiro atoms. The van der Waals surface area contributed by atoms with E-state index < -0.39 is 0 Å². The van der Waals surface area contributed by atoms with Crippen LogP contribution in [0.2, 0.25) is 0 Å². The van der Waals surface area contributed by atoms with Gasteiger partial charge in [-0.3, -0.25) is 0 Å². The Bertz CT molecular complexity index is 298. The molecule has 1 N–H and O–H groups in total. The van der Waals surface area contributed by atoms with Crippen LogP contribution >= 0.6 is 0 Å². The van der Waals surface area contributed by atoms with E-state index >= 15 is 0 Å². The van der Waals surface area contributed by atoms with Crippen LogP contribution in [0.25, 0.3) is 0 Å². The molecule has 0 heterocycles. The summed E-state index contributed by atoms with van der Waals surface area (Å²) in [5, 5.41) is 9.87. The summed E-state index contributed by atoms with van der Waals surface area (Å²) in [7, 11) is 0. The predicted molar refractivity (Wildman–Crippen MR) is 60.2 cm³/mol. The second kappa shape index (κ2) is 5.86. The van der Waals surface area contributed by atoms with Gasteiger partial charge in [0.1, 0.15) is 5.82 Å². The Kier molecular flexibility index (Phi) is 4.76. The Balaban J connectivity index is 2.54. The molecule has 1 aromatic carbocycles. The zero-order chi connectivity index (χ0) is 11.3. The zero-order valence-corrected chi connectivity index (χ0v) is 9.41. The maximum atomic E-state index is 12.9. The first kappa shape index (κ1) is 12.2. The molecule has 0 aromatic heterocycles. The van der Waals surface area contributed by atoms with Crippen LogP contribution in [0.5, 0.6) is 0 Å². The molecule has 0 aliphatic heterocycles. The highest BCUT2D eigenvalue weighted by Gasteiger charge is 2.13. The van der Waals surface area contributed by atoms with E-state index in [1.165, 1.54) is 12.1 Å². The molecule has 2 unspecified atom stereocenters. The Morgan fingerprint density at radius 1 is 1.40 bits per heavy atom. The van der Waals surface area contributed by atoms with Crippen LogP contribution in [0, 0.1) is 11.7 Å². The highest BCUT2D eigenvalue weighted by molar-refractivity contribution is 5.17. The lowest BCUT2D eigenvalue weighted by Gasteiger charge is -2.18. The van der Waals surface area contributed by atoms with E-state index in [4.69, 9.17) is 0 Å². The first-order valence-electron chi connectivity index (χ1n) is 5.56. The lowest BCUT2D eigenvalue weighted by molar-refractivity contribution is 0.111. The smallest absolute Gasteiger partial charge is 0.123 e. The Morgan fingerprint density at radius 2 is 2.13 bits per heavy atom. The first-order valence-corrected chi connectivity index (χ1v) is 5.56. The molecular formula is C13H19FO. The van der Waals surface area contributed by atoms with Crippen molar-refractivity contribution >= 4 is 0 Å². The fourth-order valence-corrected chi connectivity index (χ4v) is 1.75. The SMILES string of the molecule is CCCC(C)C(O)Cc1cccc(F)c1.